The lowest BCUT2D eigenvalue weighted by Gasteiger charge is -2.04. The Morgan fingerprint density at radius 2 is 2.00 bits per heavy atom. The Morgan fingerprint density at radius 1 is 1.25 bits per heavy atom. The minimum atomic E-state index is -0.457. The molecular weight excluding hydrogens is 277 g/mol. The van der Waals surface area contributed by atoms with E-state index in [2.05, 4.69) is 4.98 Å². The van der Waals surface area contributed by atoms with E-state index in [4.69, 9.17) is 17.3 Å². The van der Waals surface area contributed by atoms with Gasteiger partial charge in [0.05, 0.1) is 21.6 Å². The van der Waals surface area contributed by atoms with E-state index in [1.54, 1.807) is 12.1 Å². The van der Waals surface area contributed by atoms with E-state index in [9.17, 15) is 4.39 Å². The van der Waals surface area contributed by atoms with Crippen molar-refractivity contribution in [2.45, 2.75) is 6.54 Å². The van der Waals surface area contributed by atoms with Crippen LogP contribution in [0.1, 0.15) is 5.56 Å². The maximum atomic E-state index is 14.2. The lowest BCUT2D eigenvalue weighted by atomic mass is 10.2. The Labute approximate surface area is 120 Å². The lowest BCUT2D eigenvalue weighted by Crippen LogP contribution is -1.97. The van der Waals surface area contributed by atoms with Crippen molar-refractivity contribution >= 4 is 22.6 Å². The molecule has 1 heterocycles. The summed E-state index contributed by atoms with van der Waals surface area (Å²) < 4.78 is 16.0. The number of imidazole rings is 1. The second kappa shape index (κ2) is 4.89. The van der Waals surface area contributed by atoms with Gasteiger partial charge in [0.25, 0.3) is 0 Å². The fourth-order valence-electron chi connectivity index (χ4n) is 2.35. The monoisotopic (exact) mass is 289 g/mol. The van der Waals surface area contributed by atoms with Crippen molar-refractivity contribution in [3.05, 3.63) is 52.8 Å². The molecule has 0 aliphatic rings. The van der Waals surface area contributed by atoms with Gasteiger partial charge in [0.2, 0.25) is 0 Å². The maximum absolute atomic E-state index is 14.2. The lowest BCUT2D eigenvalue weighted by molar-refractivity contribution is 0.629. The molecule has 0 aliphatic heterocycles. The van der Waals surface area contributed by atoms with Crippen LogP contribution in [0, 0.1) is 5.82 Å². The first-order chi connectivity index (χ1) is 9.63. The number of aryl methyl sites for hydroxylation is 1. The molecule has 5 heteroatoms. The van der Waals surface area contributed by atoms with E-state index in [0.29, 0.717) is 17.9 Å². The number of aromatic nitrogens is 2. The van der Waals surface area contributed by atoms with Crippen LogP contribution >= 0.6 is 11.6 Å². The number of halogens is 2. The molecule has 0 bridgehead atoms. The van der Waals surface area contributed by atoms with E-state index in [0.717, 1.165) is 16.6 Å². The third kappa shape index (κ3) is 1.88. The van der Waals surface area contributed by atoms with Crippen molar-refractivity contribution in [2.24, 2.45) is 12.8 Å². The predicted molar refractivity (Wildman–Crippen MR) is 79.0 cm³/mol. The third-order valence-electron chi connectivity index (χ3n) is 3.41. The van der Waals surface area contributed by atoms with E-state index in [1.807, 2.05) is 29.8 Å². The van der Waals surface area contributed by atoms with E-state index >= 15 is 0 Å². The topological polar surface area (TPSA) is 43.8 Å². The molecule has 102 valence electrons. The van der Waals surface area contributed by atoms with Gasteiger partial charge >= 0.3 is 0 Å². The van der Waals surface area contributed by atoms with Gasteiger partial charge in [0.15, 0.2) is 5.82 Å². The SMILES string of the molecule is Cn1c(-c2cccc(Cl)c2F)nc2c(CN)cccc21. The summed E-state index contributed by atoms with van der Waals surface area (Å²) in [4.78, 5) is 4.54. The highest BCUT2D eigenvalue weighted by molar-refractivity contribution is 6.31. The molecule has 0 atom stereocenters. The summed E-state index contributed by atoms with van der Waals surface area (Å²) in [5.74, 6) is 0.0859. The van der Waals surface area contributed by atoms with Crippen LogP contribution in [0.4, 0.5) is 4.39 Å². The standard InChI is InChI=1S/C15H13ClFN3/c1-20-12-7-2-4-9(8-18)14(12)19-15(20)10-5-3-6-11(16)13(10)17/h2-7H,8,18H2,1H3. The van der Waals surface area contributed by atoms with Crippen LogP contribution in [0.25, 0.3) is 22.4 Å². The van der Waals surface area contributed by atoms with Crippen molar-refractivity contribution < 1.29 is 4.39 Å². The number of fused-ring (bicyclic) bond motifs is 1. The van der Waals surface area contributed by atoms with E-state index < -0.39 is 5.82 Å². The molecule has 0 aliphatic carbocycles. The summed E-state index contributed by atoms with van der Waals surface area (Å²) in [6, 6.07) is 10.7. The van der Waals surface area contributed by atoms with Gasteiger partial charge in [0.1, 0.15) is 5.82 Å². The van der Waals surface area contributed by atoms with E-state index in [1.165, 1.54) is 6.07 Å². The molecule has 0 fully saturated rings. The van der Waals surface area contributed by atoms with Crippen molar-refractivity contribution in [3.8, 4) is 11.4 Å². The summed E-state index contributed by atoms with van der Waals surface area (Å²) in [5, 5.41) is 0.0913. The van der Waals surface area contributed by atoms with Gasteiger partial charge in [-0.05, 0) is 23.8 Å². The van der Waals surface area contributed by atoms with Crippen LogP contribution in [0.5, 0.6) is 0 Å². The average molecular weight is 290 g/mol. The minimum Gasteiger partial charge on any atom is -0.327 e. The first-order valence-electron chi connectivity index (χ1n) is 6.22. The summed E-state index contributed by atoms with van der Waals surface area (Å²) in [7, 11) is 1.85. The zero-order chi connectivity index (χ0) is 14.3. The molecular formula is C15H13ClFN3. The Morgan fingerprint density at radius 3 is 2.75 bits per heavy atom. The van der Waals surface area contributed by atoms with E-state index in [-0.39, 0.29) is 5.02 Å². The Balaban J connectivity index is 2.32. The quantitative estimate of drug-likeness (QED) is 0.785. The van der Waals surface area contributed by atoms with Crippen LogP contribution in [0.2, 0.25) is 5.02 Å². The fourth-order valence-corrected chi connectivity index (χ4v) is 2.53. The van der Waals surface area contributed by atoms with Crippen molar-refractivity contribution in [1.29, 1.82) is 0 Å². The summed E-state index contributed by atoms with van der Waals surface area (Å²) >= 11 is 5.84. The van der Waals surface area contributed by atoms with Crippen LogP contribution < -0.4 is 5.73 Å². The molecule has 20 heavy (non-hydrogen) atoms. The second-order valence-corrected chi connectivity index (χ2v) is 4.99. The normalized spacial score (nSPS) is 11.2. The van der Waals surface area contributed by atoms with Gasteiger partial charge in [-0.25, -0.2) is 9.37 Å². The third-order valence-corrected chi connectivity index (χ3v) is 3.70. The first-order valence-corrected chi connectivity index (χ1v) is 6.60. The Bertz CT molecular complexity index is 795. The number of hydrogen-bond acceptors (Lipinski definition) is 2. The van der Waals surface area contributed by atoms with Gasteiger partial charge in [0, 0.05) is 13.6 Å². The zero-order valence-corrected chi connectivity index (χ0v) is 11.7. The van der Waals surface area contributed by atoms with Gasteiger partial charge in [-0.3, -0.25) is 0 Å². The molecule has 0 radical (unpaired) electrons. The van der Waals surface area contributed by atoms with Gasteiger partial charge in [-0.1, -0.05) is 29.8 Å². The number of nitrogens with zero attached hydrogens (tertiary/aromatic N) is 2. The number of nitrogens with two attached hydrogens (primary N) is 1. The first kappa shape index (κ1) is 13.1. The smallest absolute Gasteiger partial charge is 0.152 e. The average Bonchev–Trinajstić information content (AvgIpc) is 2.79. The van der Waals surface area contributed by atoms with Crippen molar-refractivity contribution in [2.75, 3.05) is 0 Å². The molecule has 1 aromatic heterocycles. The summed E-state index contributed by atoms with van der Waals surface area (Å²) in [5.41, 5.74) is 8.77. The number of rotatable bonds is 2. The highest BCUT2D eigenvalue weighted by Crippen LogP contribution is 2.30. The predicted octanol–water partition coefficient (Wildman–Crippen LogP) is 3.49. The van der Waals surface area contributed by atoms with Crippen LogP contribution in [-0.2, 0) is 13.6 Å². The van der Waals surface area contributed by atoms with Gasteiger partial charge < -0.3 is 10.3 Å². The maximum Gasteiger partial charge on any atom is 0.152 e. The molecule has 2 aromatic carbocycles. The van der Waals surface area contributed by atoms with Gasteiger partial charge in [-0.2, -0.15) is 0 Å². The highest BCUT2D eigenvalue weighted by Gasteiger charge is 2.16. The molecule has 0 amide bonds. The highest BCUT2D eigenvalue weighted by atomic mass is 35.5. The minimum absolute atomic E-state index is 0.0913. The van der Waals surface area contributed by atoms with Crippen molar-refractivity contribution in [3.63, 3.8) is 0 Å². The van der Waals surface area contributed by atoms with Crippen molar-refractivity contribution in [1.82, 2.24) is 9.55 Å². The number of para-hydroxylation sites is 1. The van der Waals surface area contributed by atoms with Crippen LogP contribution in [0.3, 0.4) is 0 Å². The number of benzene rings is 2. The molecule has 3 aromatic rings. The molecule has 0 unspecified atom stereocenters. The second-order valence-electron chi connectivity index (χ2n) is 4.58. The Hall–Kier alpha value is -1.91. The Kier molecular flexibility index (Phi) is 3.20. The van der Waals surface area contributed by atoms with Crippen LogP contribution in [-0.4, -0.2) is 9.55 Å². The molecule has 0 saturated heterocycles. The molecule has 3 rings (SSSR count). The number of hydrogen-bond donors (Lipinski definition) is 1. The largest absolute Gasteiger partial charge is 0.327 e. The summed E-state index contributed by atoms with van der Waals surface area (Å²) in [6.07, 6.45) is 0. The van der Waals surface area contributed by atoms with Gasteiger partial charge in [-0.15, -0.1) is 0 Å². The summed E-state index contributed by atoms with van der Waals surface area (Å²) in [6.45, 7) is 0.395. The molecule has 2 N–H and O–H groups in total. The zero-order valence-electron chi connectivity index (χ0n) is 10.9. The fraction of sp³-hybridized carbons (Fsp3) is 0.133. The molecule has 0 spiro atoms. The molecule has 0 saturated carbocycles. The van der Waals surface area contributed by atoms with Crippen LogP contribution in [0.15, 0.2) is 36.4 Å². The molecule has 3 nitrogen and oxygen atoms in total.